The van der Waals surface area contributed by atoms with E-state index < -0.39 is 5.92 Å². The van der Waals surface area contributed by atoms with Crippen LogP contribution in [0.1, 0.15) is 50.2 Å². The second-order valence-electron chi connectivity index (χ2n) is 8.29. The summed E-state index contributed by atoms with van der Waals surface area (Å²) < 4.78 is 0. The monoisotopic (exact) mass is 435 g/mol. The lowest BCUT2D eigenvalue weighted by Crippen LogP contribution is -2.35. The van der Waals surface area contributed by atoms with E-state index in [4.69, 9.17) is 0 Å². The third kappa shape index (κ3) is 9.38. The standard InChI is InChI=1S/C27H33NO4/c1-21(18-22-10-4-2-5-11-22)26(31)20-24(19-23-12-6-3-7-13-23)27(32)28-16-8-14-25(30)15-9-17-29/h2-7,10-13,17,21,24H,8-9,14-16,18-20H2,1H3,(H,28,32). The van der Waals surface area contributed by atoms with Crippen molar-refractivity contribution < 1.29 is 19.2 Å². The summed E-state index contributed by atoms with van der Waals surface area (Å²) in [6.45, 7) is 2.29. The highest BCUT2D eigenvalue weighted by Crippen LogP contribution is 2.18. The Morgan fingerprint density at radius 3 is 2.06 bits per heavy atom. The zero-order chi connectivity index (χ0) is 23.2. The molecule has 32 heavy (non-hydrogen) atoms. The van der Waals surface area contributed by atoms with E-state index in [9.17, 15) is 19.2 Å². The Hall–Kier alpha value is -3.08. The summed E-state index contributed by atoms with van der Waals surface area (Å²) in [4.78, 5) is 47.8. The van der Waals surface area contributed by atoms with E-state index in [-0.39, 0.29) is 42.7 Å². The van der Waals surface area contributed by atoms with Crippen molar-refractivity contribution in [2.45, 2.75) is 51.9 Å². The summed E-state index contributed by atoms with van der Waals surface area (Å²) in [5.41, 5.74) is 2.12. The molecule has 0 saturated carbocycles. The van der Waals surface area contributed by atoms with Crippen LogP contribution in [0, 0.1) is 11.8 Å². The van der Waals surface area contributed by atoms with Gasteiger partial charge in [0, 0.05) is 44.1 Å². The molecule has 0 aliphatic heterocycles. The first-order valence-corrected chi connectivity index (χ1v) is 11.3. The van der Waals surface area contributed by atoms with Crippen LogP contribution in [0.2, 0.25) is 0 Å². The molecule has 0 spiro atoms. The van der Waals surface area contributed by atoms with Crippen LogP contribution in [0.15, 0.2) is 60.7 Å². The maximum atomic E-state index is 12.9. The van der Waals surface area contributed by atoms with Crippen LogP contribution in [0.5, 0.6) is 0 Å². The lowest BCUT2D eigenvalue weighted by Gasteiger charge is -2.19. The van der Waals surface area contributed by atoms with Gasteiger partial charge in [-0.1, -0.05) is 67.6 Å². The zero-order valence-electron chi connectivity index (χ0n) is 18.8. The number of nitrogens with one attached hydrogen (secondary N) is 1. The molecule has 0 heterocycles. The molecule has 0 fully saturated rings. The molecule has 1 N–H and O–H groups in total. The first kappa shape index (κ1) is 25.2. The summed E-state index contributed by atoms with van der Waals surface area (Å²) in [5, 5.41) is 2.90. The van der Waals surface area contributed by atoms with Crippen LogP contribution in [0.4, 0.5) is 0 Å². The van der Waals surface area contributed by atoms with Gasteiger partial charge in [-0.05, 0) is 30.4 Å². The average molecular weight is 436 g/mol. The number of rotatable bonds is 15. The van der Waals surface area contributed by atoms with E-state index in [1.165, 1.54) is 0 Å². The van der Waals surface area contributed by atoms with Crippen LogP contribution in [-0.2, 0) is 32.0 Å². The Balaban J connectivity index is 1.92. The van der Waals surface area contributed by atoms with Gasteiger partial charge in [-0.2, -0.15) is 0 Å². The Kier molecular flexibility index (Phi) is 11.1. The Labute approximate surface area is 190 Å². The fraction of sp³-hybridized carbons (Fsp3) is 0.407. The molecule has 0 bridgehead atoms. The van der Waals surface area contributed by atoms with Gasteiger partial charge in [0.15, 0.2) is 0 Å². The minimum Gasteiger partial charge on any atom is -0.356 e. The molecule has 2 aromatic carbocycles. The molecule has 5 nitrogen and oxygen atoms in total. The largest absolute Gasteiger partial charge is 0.356 e. The molecule has 0 radical (unpaired) electrons. The molecule has 0 aliphatic rings. The van der Waals surface area contributed by atoms with Crippen molar-refractivity contribution in [1.29, 1.82) is 0 Å². The predicted octanol–water partition coefficient (Wildman–Crippen LogP) is 4.13. The molecule has 2 unspecified atom stereocenters. The molecule has 2 rings (SSSR count). The SMILES string of the molecule is CC(Cc1ccccc1)C(=O)CC(Cc1ccccc1)C(=O)NCCCC(=O)CCC=O. The van der Waals surface area contributed by atoms with Crippen LogP contribution in [0.3, 0.4) is 0 Å². The summed E-state index contributed by atoms with van der Waals surface area (Å²) >= 11 is 0. The number of aldehydes is 1. The van der Waals surface area contributed by atoms with E-state index in [1.54, 1.807) is 0 Å². The Morgan fingerprint density at radius 1 is 0.875 bits per heavy atom. The molecule has 2 aromatic rings. The number of ketones is 2. The number of carbonyl (C=O) groups excluding carboxylic acids is 4. The molecule has 1 amide bonds. The van der Waals surface area contributed by atoms with Gasteiger partial charge < -0.3 is 10.1 Å². The van der Waals surface area contributed by atoms with Crippen molar-refractivity contribution in [3.05, 3.63) is 71.8 Å². The first-order chi connectivity index (χ1) is 15.5. The summed E-state index contributed by atoms with van der Waals surface area (Å²) in [6, 6.07) is 19.6. The number of hydrogen-bond acceptors (Lipinski definition) is 4. The Morgan fingerprint density at radius 2 is 1.47 bits per heavy atom. The van der Waals surface area contributed by atoms with Crippen LogP contribution < -0.4 is 5.32 Å². The normalized spacial score (nSPS) is 12.5. The summed E-state index contributed by atoms with van der Waals surface area (Å²) in [7, 11) is 0. The van der Waals surface area contributed by atoms with E-state index >= 15 is 0 Å². The van der Waals surface area contributed by atoms with Crippen molar-refractivity contribution in [3.8, 4) is 0 Å². The smallest absolute Gasteiger partial charge is 0.223 e. The van der Waals surface area contributed by atoms with Gasteiger partial charge in [-0.3, -0.25) is 14.4 Å². The van der Waals surface area contributed by atoms with Gasteiger partial charge in [0.05, 0.1) is 0 Å². The minimum atomic E-state index is -0.450. The van der Waals surface area contributed by atoms with E-state index in [0.29, 0.717) is 32.2 Å². The summed E-state index contributed by atoms with van der Waals surface area (Å²) in [5.74, 6) is -0.673. The zero-order valence-corrected chi connectivity index (χ0v) is 18.8. The van der Waals surface area contributed by atoms with E-state index in [0.717, 1.165) is 17.4 Å². The molecular formula is C27H33NO4. The van der Waals surface area contributed by atoms with Gasteiger partial charge in [0.2, 0.25) is 5.91 Å². The molecule has 0 aromatic heterocycles. The van der Waals surface area contributed by atoms with Crippen molar-refractivity contribution >= 4 is 23.8 Å². The second-order valence-corrected chi connectivity index (χ2v) is 8.29. The maximum absolute atomic E-state index is 12.9. The Bertz CT molecular complexity index is 864. The molecule has 0 aliphatic carbocycles. The van der Waals surface area contributed by atoms with Crippen molar-refractivity contribution in [3.63, 3.8) is 0 Å². The quantitative estimate of drug-likeness (QED) is 0.337. The third-order valence-corrected chi connectivity index (χ3v) is 5.55. The average Bonchev–Trinajstić information content (AvgIpc) is 2.81. The topological polar surface area (TPSA) is 80.3 Å². The lowest BCUT2D eigenvalue weighted by atomic mass is 9.87. The van der Waals surface area contributed by atoms with Crippen LogP contribution in [0.25, 0.3) is 0 Å². The number of carbonyl (C=O) groups is 4. The molecule has 2 atom stereocenters. The number of amides is 1. The lowest BCUT2D eigenvalue weighted by molar-refractivity contribution is -0.130. The van der Waals surface area contributed by atoms with Gasteiger partial charge >= 0.3 is 0 Å². The second kappa shape index (κ2) is 14.1. The fourth-order valence-electron chi connectivity index (χ4n) is 3.67. The number of hydrogen-bond donors (Lipinski definition) is 1. The summed E-state index contributed by atoms with van der Waals surface area (Å²) in [6.07, 6.45) is 3.44. The van der Waals surface area contributed by atoms with Crippen LogP contribution in [-0.4, -0.2) is 30.3 Å². The third-order valence-electron chi connectivity index (χ3n) is 5.55. The predicted molar refractivity (Wildman–Crippen MR) is 125 cm³/mol. The number of Topliss-reactive ketones (excluding diaryl/α,β-unsaturated/α-hetero) is 2. The number of benzene rings is 2. The van der Waals surface area contributed by atoms with Gasteiger partial charge in [-0.15, -0.1) is 0 Å². The molecular weight excluding hydrogens is 402 g/mol. The van der Waals surface area contributed by atoms with Gasteiger partial charge in [0.1, 0.15) is 17.9 Å². The van der Waals surface area contributed by atoms with E-state index in [2.05, 4.69) is 5.32 Å². The first-order valence-electron chi connectivity index (χ1n) is 11.3. The van der Waals surface area contributed by atoms with Crippen LogP contribution >= 0.6 is 0 Å². The van der Waals surface area contributed by atoms with Crippen molar-refractivity contribution in [2.24, 2.45) is 11.8 Å². The highest BCUT2D eigenvalue weighted by Gasteiger charge is 2.25. The highest BCUT2D eigenvalue weighted by atomic mass is 16.2. The van der Waals surface area contributed by atoms with E-state index in [1.807, 2.05) is 67.6 Å². The minimum absolute atomic E-state index is 0.0251. The molecule has 0 saturated heterocycles. The van der Waals surface area contributed by atoms with Gasteiger partial charge in [0.25, 0.3) is 0 Å². The highest BCUT2D eigenvalue weighted by molar-refractivity contribution is 5.88. The van der Waals surface area contributed by atoms with Crippen molar-refractivity contribution in [2.75, 3.05) is 6.54 Å². The molecule has 170 valence electrons. The van der Waals surface area contributed by atoms with Crippen molar-refractivity contribution in [1.82, 2.24) is 5.32 Å². The molecule has 5 heteroatoms. The van der Waals surface area contributed by atoms with Gasteiger partial charge in [-0.25, -0.2) is 0 Å². The fourth-order valence-corrected chi connectivity index (χ4v) is 3.67. The maximum Gasteiger partial charge on any atom is 0.223 e.